The van der Waals surface area contributed by atoms with Crippen LogP contribution in [0.4, 0.5) is 0 Å². The number of ether oxygens (including phenoxy) is 1. The normalized spacial score (nSPS) is 12.5. The Labute approximate surface area is 135 Å². The zero-order valence-electron chi connectivity index (χ0n) is 15.0. The van der Waals surface area contributed by atoms with Crippen LogP contribution in [-0.4, -0.2) is 37.3 Å². The van der Waals surface area contributed by atoms with Gasteiger partial charge in [0.1, 0.15) is 5.69 Å². The lowest BCUT2D eigenvalue weighted by Gasteiger charge is -2.36. The maximum atomic E-state index is 11.9. The van der Waals surface area contributed by atoms with Gasteiger partial charge in [-0.1, -0.05) is 20.8 Å². The zero-order valence-corrected chi connectivity index (χ0v) is 16.0. The fraction of sp³-hybridized carbons (Fsp3) is 0.750. The Morgan fingerprint density at radius 2 is 2.00 bits per heavy atom. The quantitative estimate of drug-likeness (QED) is 0.435. The van der Waals surface area contributed by atoms with E-state index in [1.165, 1.54) is 0 Å². The van der Waals surface area contributed by atoms with Gasteiger partial charge in [0.05, 0.1) is 12.3 Å². The molecule has 0 saturated carbocycles. The minimum absolute atomic E-state index is 0.214. The number of aryl methyl sites for hydroxylation is 2. The summed E-state index contributed by atoms with van der Waals surface area (Å²) >= 11 is 0. The van der Waals surface area contributed by atoms with Gasteiger partial charge < -0.3 is 9.16 Å². The highest BCUT2D eigenvalue weighted by Crippen LogP contribution is 2.36. The molecule has 0 spiro atoms. The number of carbonyl (C=O) groups excluding carboxylic acids is 1. The Balaban J connectivity index is 2.57. The Morgan fingerprint density at radius 1 is 1.36 bits per heavy atom. The minimum atomic E-state index is -1.71. The van der Waals surface area contributed by atoms with Crippen LogP contribution in [0.25, 0.3) is 0 Å². The van der Waals surface area contributed by atoms with Crippen molar-refractivity contribution in [3.05, 3.63) is 17.5 Å². The van der Waals surface area contributed by atoms with E-state index in [1.807, 2.05) is 6.92 Å². The third-order valence-electron chi connectivity index (χ3n) is 4.17. The summed E-state index contributed by atoms with van der Waals surface area (Å²) in [6.45, 7) is 16.6. The van der Waals surface area contributed by atoms with Crippen molar-refractivity contribution in [1.29, 1.82) is 0 Å². The first kappa shape index (κ1) is 18.9. The molecule has 1 heterocycles. The number of nitrogens with zero attached hydrogens (tertiary/aromatic N) is 2. The van der Waals surface area contributed by atoms with Crippen molar-refractivity contribution in [2.45, 2.75) is 65.7 Å². The monoisotopic (exact) mass is 326 g/mol. The Hall–Kier alpha value is -1.14. The highest BCUT2D eigenvalue weighted by atomic mass is 28.4. The van der Waals surface area contributed by atoms with Crippen molar-refractivity contribution in [2.75, 3.05) is 13.2 Å². The molecule has 1 aromatic rings. The van der Waals surface area contributed by atoms with Gasteiger partial charge >= 0.3 is 5.97 Å². The van der Waals surface area contributed by atoms with Crippen molar-refractivity contribution >= 4 is 14.3 Å². The van der Waals surface area contributed by atoms with Gasteiger partial charge in [-0.25, -0.2) is 4.79 Å². The van der Waals surface area contributed by atoms with Gasteiger partial charge in [0, 0.05) is 13.2 Å². The van der Waals surface area contributed by atoms with Gasteiger partial charge in [-0.15, -0.1) is 0 Å². The van der Waals surface area contributed by atoms with Gasteiger partial charge in [0.25, 0.3) is 0 Å². The fourth-order valence-corrected chi connectivity index (χ4v) is 2.93. The van der Waals surface area contributed by atoms with Crippen LogP contribution < -0.4 is 0 Å². The molecule has 6 heteroatoms. The molecule has 0 bridgehead atoms. The lowest BCUT2D eigenvalue weighted by Crippen LogP contribution is -2.41. The molecule has 0 N–H and O–H groups in total. The standard InChI is InChI=1S/C16H30N2O3Si/c1-8-20-15(19)14-12-13(2)17-18(14)10-9-11-21-22(6,7)16(3,4)5/h12H,8-11H2,1-7H3. The van der Waals surface area contributed by atoms with Gasteiger partial charge in [-0.05, 0) is 44.5 Å². The summed E-state index contributed by atoms with van der Waals surface area (Å²) in [5.74, 6) is -0.312. The highest BCUT2D eigenvalue weighted by molar-refractivity contribution is 6.74. The van der Waals surface area contributed by atoms with E-state index in [4.69, 9.17) is 9.16 Å². The summed E-state index contributed by atoms with van der Waals surface area (Å²) in [7, 11) is -1.71. The van der Waals surface area contributed by atoms with E-state index in [1.54, 1.807) is 17.7 Å². The SMILES string of the molecule is CCOC(=O)c1cc(C)nn1CCCO[Si](C)(C)C(C)(C)C. The second kappa shape index (κ2) is 7.42. The second-order valence-electron chi connectivity index (χ2n) is 7.08. The molecule has 1 aromatic heterocycles. The van der Waals surface area contributed by atoms with Crippen LogP contribution in [0.15, 0.2) is 6.07 Å². The molecular weight excluding hydrogens is 296 g/mol. The number of carbonyl (C=O) groups is 1. The summed E-state index contributed by atoms with van der Waals surface area (Å²) in [6.07, 6.45) is 0.833. The maximum Gasteiger partial charge on any atom is 0.356 e. The number of hydrogen-bond acceptors (Lipinski definition) is 4. The molecule has 0 saturated heterocycles. The van der Waals surface area contributed by atoms with E-state index in [2.05, 4.69) is 39.0 Å². The zero-order chi connectivity index (χ0) is 17.0. The van der Waals surface area contributed by atoms with Gasteiger partial charge in [0.2, 0.25) is 0 Å². The van der Waals surface area contributed by atoms with Crippen LogP contribution in [0.5, 0.6) is 0 Å². The van der Waals surface area contributed by atoms with E-state index in [0.29, 0.717) is 25.5 Å². The lowest BCUT2D eigenvalue weighted by molar-refractivity contribution is 0.0511. The number of esters is 1. The predicted molar refractivity (Wildman–Crippen MR) is 90.7 cm³/mol. The smallest absolute Gasteiger partial charge is 0.356 e. The maximum absolute atomic E-state index is 11.9. The molecule has 0 aliphatic heterocycles. The number of hydrogen-bond donors (Lipinski definition) is 0. The van der Waals surface area contributed by atoms with Gasteiger partial charge in [0.15, 0.2) is 8.32 Å². The molecule has 5 nitrogen and oxygen atoms in total. The molecule has 0 unspecified atom stereocenters. The molecule has 0 atom stereocenters. The second-order valence-corrected chi connectivity index (χ2v) is 11.9. The summed E-state index contributed by atoms with van der Waals surface area (Å²) in [5.41, 5.74) is 1.35. The molecular formula is C16H30N2O3Si. The lowest BCUT2D eigenvalue weighted by atomic mass is 10.2. The van der Waals surface area contributed by atoms with Crippen LogP contribution in [0, 0.1) is 6.92 Å². The highest BCUT2D eigenvalue weighted by Gasteiger charge is 2.36. The molecule has 1 rings (SSSR count). The van der Waals surface area contributed by atoms with Crippen molar-refractivity contribution in [3.8, 4) is 0 Å². The van der Waals surface area contributed by atoms with Crippen molar-refractivity contribution in [3.63, 3.8) is 0 Å². The molecule has 22 heavy (non-hydrogen) atoms. The summed E-state index contributed by atoms with van der Waals surface area (Å²) in [4.78, 5) is 11.9. The molecule has 0 fully saturated rings. The van der Waals surface area contributed by atoms with E-state index in [0.717, 1.165) is 12.1 Å². The summed E-state index contributed by atoms with van der Waals surface area (Å²) < 4.78 is 12.9. The molecule has 0 aliphatic carbocycles. The molecule has 126 valence electrons. The van der Waals surface area contributed by atoms with E-state index < -0.39 is 8.32 Å². The fourth-order valence-electron chi connectivity index (χ4n) is 1.84. The average Bonchev–Trinajstić information content (AvgIpc) is 2.75. The first-order chi connectivity index (χ1) is 10.1. The first-order valence-corrected chi connectivity index (χ1v) is 10.8. The van der Waals surface area contributed by atoms with Crippen LogP contribution in [-0.2, 0) is 15.7 Å². The summed E-state index contributed by atoms with van der Waals surface area (Å²) in [6, 6.07) is 1.77. The molecule has 0 radical (unpaired) electrons. The Bertz CT molecular complexity index is 504. The minimum Gasteiger partial charge on any atom is -0.461 e. The third kappa shape index (κ3) is 4.95. The van der Waals surface area contributed by atoms with Crippen LogP contribution >= 0.6 is 0 Å². The number of aromatic nitrogens is 2. The number of rotatable bonds is 7. The summed E-state index contributed by atoms with van der Waals surface area (Å²) in [5, 5.41) is 4.58. The van der Waals surface area contributed by atoms with E-state index >= 15 is 0 Å². The van der Waals surface area contributed by atoms with Gasteiger partial charge in [-0.3, -0.25) is 4.68 Å². The van der Waals surface area contributed by atoms with Crippen molar-refractivity contribution < 1.29 is 14.0 Å². The van der Waals surface area contributed by atoms with Crippen molar-refractivity contribution in [1.82, 2.24) is 9.78 Å². The molecule has 0 aromatic carbocycles. The van der Waals surface area contributed by atoms with Crippen molar-refractivity contribution in [2.24, 2.45) is 0 Å². The van der Waals surface area contributed by atoms with Crippen LogP contribution in [0.1, 0.15) is 50.3 Å². The largest absolute Gasteiger partial charge is 0.461 e. The first-order valence-electron chi connectivity index (χ1n) is 7.94. The van der Waals surface area contributed by atoms with Gasteiger partial charge in [-0.2, -0.15) is 5.10 Å². The predicted octanol–water partition coefficient (Wildman–Crippen LogP) is 3.78. The Morgan fingerprint density at radius 3 is 2.55 bits per heavy atom. The third-order valence-corrected chi connectivity index (χ3v) is 8.71. The van der Waals surface area contributed by atoms with E-state index in [-0.39, 0.29) is 11.0 Å². The van der Waals surface area contributed by atoms with Crippen LogP contribution in [0.2, 0.25) is 18.1 Å². The van der Waals surface area contributed by atoms with E-state index in [9.17, 15) is 4.79 Å². The Kier molecular flexibility index (Phi) is 6.37. The van der Waals surface area contributed by atoms with Crippen LogP contribution in [0.3, 0.4) is 0 Å². The molecule has 0 amide bonds. The topological polar surface area (TPSA) is 53.3 Å². The molecule has 0 aliphatic rings. The average molecular weight is 327 g/mol.